The summed E-state index contributed by atoms with van der Waals surface area (Å²) >= 11 is 0. The van der Waals surface area contributed by atoms with Gasteiger partial charge in [0.2, 0.25) is 0 Å². The first-order valence-corrected chi connectivity index (χ1v) is 8.73. The van der Waals surface area contributed by atoms with Crippen molar-refractivity contribution in [3.8, 4) is 0 Å². The molecule has 8 heteroatoms. The predicted molar refractivity (Wildman–Crippen MR) is 99.4 cm³/mol. The van der Waals surface area contributed by atoms with Crippen LogP contribution < -0.4 is 10.6 Å². The zero-order valence-electron chi connectivity index (χ0n) is 15.4. The summed E-state index contributed by atoms with van der Waals surface area (Å²) in [6.07, 6.45) is 1.35. The summed E-state index contributed by atoms with van der Waals surface area (Å²) in [7, 11) is 0. The van der Waals surface area contributed by atoms with Crippen molar-refractivity contribution in [1.82, 2.24) is 10.6 Å². The SMILES string of the molecule is C[C@H](NC(=O)c1ccco1)C(=O)OCC(=O)N[C@H](C)c1cc2ccccc2o1. The molecule has 0 radical (unpaired) electrons. The van der Waals surface area contributed by atoms with Crippen LogP contribution in [0.4, 0.5) is 0 Å². The molecule has 2 heterocycles. The molecule has 3 aromatic rings. The first-order valence-electron chi connectivity index (χ1n) is 8.73. The van der Waals surface area contributed by atoms with Crippen molar-refractivity contribution >= 4 is 28.8 Å². The van der Waals surface area contributed by atoms with Gasteiger partial charge in [-0.2, -0.15) is 0 Å². The van der Waals surface area contributed by atoms with Crippen LogP contribution in [-0.4, -0.2) is 30.4 Å². The van der Waals surface area contributed by atoms with Crippen LogP contribution in [0.3, 0.4) is 0 Å². The number of carbonyl (C=O) groups excluding carboxylic acids is 3. The number of esters is 1. The highest BCUT2D eigenvalue weighted by molar-refractivity contribution is 5.94. The lowest BCUT2D eigenvalue weighted by molar-refractivity contribution is -0.150. The van der Waals surface area contributed by atoms with Gasteiger partial charge in [-0.25, -0.2) is 4.79 Å². The second kappa shape index (κ2) is 8.43. The van der Waals surface area contributed by atoms with Crippen LogP contribution in [0.5, 0.6) is 0 Å². The Kier molecular flexibility index (Phi) is 5.78. The fraction of sp³-hybridized carbons (Fsp3) is 0.250. The van der Waals surface area contributed by atoms with Crippen LogP contribution in [0.1, 0.15) is 36.2 Å². The number of hydrogen-bond acceptors (Lipinski definition) is 6. The number of fused-ring (bicyclic) bond motifs is 1. The highest BCUT2D eigenvalue weighted by Gasteiger charge is 2.21. The molecule has 1 aromatic carbocycles. The monoisotopic (exact) mass is 384 g/mol. The van der Waals surface area contributed by atoms with Gasteiger partial charge in [0.1, 0.15) is 17.4 Å². The van der Waals surface area contributed by atoms with E-state index in [1.807, 2.05) is 30.3 Å². The van der Waals surface area contributed by atoms with E-state index in [0.717, 1.165) is 11.0 Å². The molecule has 0 unspecified atom stereocenters. The number of carbonyl (C=O) groups is 3. The lowest BCUT2D eigenvalue weighted by Crippen LogP contribution is -2.41. The molecule has 0 aliphatic carbocycles. The van der Waals surface area contributed by atoms with E-state index in [1.54, 1.807) is 13.0 Å². The number of benzene rings is 1. The highest BCUT2D eigenvalue weighted by atomic mass is 16.5. The topological polar surface area (TPSA) is 111 Å². The van der Waals surface area contributed by atoms with E-state index in [-0.39, 0.29) is 5.76 Å². The third-order valence-electron chi connectivity index (χ3n) is 4.04. The molecule has 146 valence electrons. The molecule has 3 rings (SSSR count). The van der Waals surface area contributed by atoms with Gasteiger partial charge < -0.3 is 24.2 Å². The average molecular weight is 384 g/mol. The quantitative estimate of drug-likeness (QED) is 0.606. The van der Waals surface area contributed by atoms with Crippen LogP contribution in [-0.2, 0) is 14.3 Å². The van der Waals surface area contributed by atoms with Gasteiger partial charge in [0.15, 0.2) is 12.4 Å². The maximum atomic E-state index is 12.0. The fourth-order valence-electron chi connectivity index (χ4n) is 2.57. The van der Waals surface area contributed by atoms with Gasteiger partial charge in [0.05, 0.1) is 12.3 Å². The standard InChI is InChI=1S/C20H20N2O6/c1-12(17-10-14-6-3-4-7-15(14)28-17)21-18(23)11-27-20(25)13(2)22-19(24)16-8-5-9-26-16/h3-10,12-13H,11H2,1-2H3,(H,21,23)(H,22,24)/t12-,13+/m1/s1. The zero-order valence-corrected chi connectivity index (χ0v) is 15.4. The summed E-state index contributed by atoms with van der Waals surface area (Å²) in [6.45, 7) is 2.76. The van der Waals surface area contributed by atoms with E-state index < -0.39 is 36.5 Å². The Morgan fingerprint density at radius 2 is 1.86 bits per heavy atom. The van der Waals surface area contributed by atoms with Gasteiger partial charge in [-0.15, -0.1) is 0 Å². The Bertz CT molecular complexity index is 943. The Morgan fingerprint density at radius 1 is 1.07 bits per heavy atom. The second-order valence-electron chi connectivity index (χ2n) is 6.26. The summed E-state index contributed by atoms with van der Waals surface area (Å²) in [5, 5.41) is 6.07. The fourth-order valence-corrected chi connectivity index (χ4v) is 2.57. The minimum atomic E-state index is -0.932. The highest BCUT2D eigenvalue weighted by Crippen LogP contribution is 2.23. The van der Waals surface area contributed by atoms with E-state index in [4.69, 9.17) is 13.6 Å². The number of rotatable bonds is 7. The first-order chi connectivity index (χ1) is 13.4. The zero-order chi connectivity index (χ0) is 20.1. The predicted octanol–water partition coefficient (Wildman–Crippen LogP) is 2.56. The van der Waals surface area contributed by atoms with Gasteiger partial charge in [-0.05, 0) is 38.1 Å². The number of nitrogens with one attached hydrogen (secondary N) is 2. The van der Waals surface area contributed by atoms with Crippen LogP contribution >= 0.6 is 0 Å². The smallest absolute Gasteiger partial charge is 0.328 e. The van der Waals surface area contributed by atoms with Crippen molar-refractivity contribution in [2.24, 2.45) is 0 Å². The van der Waals surface area contributed by atoms with E-state index in [9.17, 15) is 14.4 Å². The molecule has 0 aliphatic heterocycles. The summed E-state index contributed by atoms with van der Waals surface area (Å²) in [6, 6.07) is 11.1. The van der Waals surface area contributed by atoms with E-state index in [2.05, 4.69) is 10.6 Å². The molecule has 2 N–H and O–H groups in total. The number of ether oxygens (including phenoxy) is 1. The second-order valence-corrected chi connectivity index (χ2v) is 6.26. The van der Waals surface area contributed by atoms with Gasteiger partial charge in [-0.1, -0.05) is 18.2 Å². The summed E-state index contributed by atoms with van der Waals surface area (Å²) in [5.74, 6) is -1.08. The van der Waals surface area contributed by atoms with E-state index in [1.165, 1.54) is 19.3 Å². The molecule has 0 spiro atoms. The first kappa shape index (κ1) is 19.2. The number of para-hydroxylation sites is 1. The summed E-state index contributed by atoms with van der Waals surface area (Å²) in [4.78, 5) is 35.8. The van der Waals surface area contributed by atoms with Crippen molar-refractivity contribution in [1.29, 1.82) is 0 Å². The number of hydrogen-bond donors (Lipinski definition) is 2. The maximum absolute atomic E-state index is 12.0. The van der Waals surface area contributed by atoms with Crippen molar-refractivity contribution in [2.45, 2.75) is 25.9 Å². The van der Waals surface area contributed by atoms with Crippen LogP contribution in [0.15, 0.2) is 57.6 Å². The van der Waals surface area contributed by atoms with Gasteiger partial charge in [0.25, 0.3) is 11.8 Å². The van der Waals surface area contributed by atoms with Crippen LogP contribution in [0.2, 0.25) is 0 Å². The molecular formula is C20H20N2O6. The normalized spacial score (nSPS) is 12.9. The van der Waals surface area contributed by atoms with Crippen molar-refractivity contribution in [3.05, 3.63) is 60.2 Å². The maximum Gasteiger partial charge on any atom is 0.328 e. The Balaban J connectivity index is 1.46. The molecule has 8 nitrogen and oxygen atoms in total. The third-order valence-corrected chi connectivity index (χ3v) is 4.04. The summed E-state index contributed by atoms with van der Waals surface area (Å²) in [5.41, 5.74) is 0.728. The Hall–Kier alpha value is -3.55. The molecule has 2 aromatic heterocycles. The minimum absolute atomic E-state index is 0.0806. The van der Waals surface area contributed by atoms with Crippen molar-refractivity contribution in [2.75, 3.05) is 6.61 Å². The van der Waals surface area contributed by atoms with Crippen molar-refractivity contribution in [3.63, 3.8) is 0 Å². The van der Waals surface area contributed by atoms with Gasteiger partial charge in [0, 0.05) is 5.39 Å². The average Bonchev–Trinajstić information content (AvgIpc) is 3.35. The molecule has 0 fully saturated rings. The lowest BCUT2D eigenvalue weighted by atomic mass is 10.2. The van der Waals surface area contributed by atoms with Crippen LogP contribution in [0, 0.1) is 0 Å². The Labute approximate surface area is 160 Å². The largest absolute Gasteiger partial charge is 0.459 e. The molecule has 0 saturated carbocycles. The van der Waals surface area contributed by atoms with Gasteiger partial charge >= 0.3 is 5.97 Å². The minimum Gasteiger partial charge on any atom is -0.459 e. The molecule has 28 heavy (non-hydrogen) atoms. The molecule has 2 amide bonds. The van der Waals surface area contributed by atoms with E-state index >= 15 is 0 Å². The molecular weight excluding hydrogens is 364 g/mol. The van der Waals surface area contributed by atoms with Crippen molar-refractivity contribution < 1.29 is 28.0 Å². The molecule has 2 atom stereocenters. The molecule has 0 saturated heterocycles. The Morgan fingerprint density at radius 3 is 2.57 bits per heavy atom. The molecule has 0 aliphatic rings. The number of furan rings is 2. The third kappa shape index (κ3) is 4.59. The summed E-state index contributed by atoms with van der Waals surface area (Å²) < 4.78 is 15.6. The van der Waals surface area contributed by atoms with Gasteiger partial charge in [-0.3, -0.25) is 9.59 Å². The van der Waals surface area contributed by atoms with Crippen LogP contribution in [0.25, 0.3) is 11.0 Å². The number of amides is 2. The van der Waals surface area contributed by atoms with E-state index in [0.29, 0.717) is 5.76 Å². The lowest BCUT2D eigenvalue weighted by Gasteiger charge is -2.14. The molecule has 0 bridgehead atoms.